The highest BCUT2D eigenvalue weighted by atomic mass is 32.1. The third-order valence-electron chi connectivity index (χ3n) is 2.57. The molecule has 1 aromatic heterocycles. The van der Waals surface area contributed by atoms with Crippen LogP contribution in [0.3, 0.4) is 0 Å². The summed E-state index contributed by atoms with van der Waals surface area (Å²) in [5.41, 5.74) is 5.25. The number of carbonyl (C=O) groups excluding carboxylic acids is 2. The van der Waals surface area contributed by atoms with Gasteiger partial charge in [-0.2, -0.15) is 0 Å². The number of rotatable bonds is 2. The smallest absolute Gasteiger partial charge is 0.264 e. The van der Waals surface area contributed by atoms with Gasteiger partial charge in [0, 0.05) is 6.54 Å². The van der Waals surface area contributed by atoms with Gasteiger partial charge in [-0.05, 0) is 24.3 Å². The summed E-state index contributed by atoms with van der Waals surface area (Å²) in [7, 11) is 0. The molecule has 1 saturated heterocycles. The third-order valence-corrected chi connectivity index (χ3v) is 3.43. The van der Waals surface area contributed by atoms with Crippen LogP contribution in [0.1, 0.15) is 22.5 Å². The molecule has 0 radical (unpaired) electrons. The standard InChI is InChI=1S/C10H12N2O2S/c11-9(13)7-3-1-5-12(7)10(14)8-4-2-6-15-8/h2,4,6-7H,1,3,5H2,(H2,11,13)/t7-/m0/s1. The number of carbonyl (C=O) groups is 2. The molecule has 0 spiro atoms. The molecule has 0 aromatic carbocycles. The van der Waals surface area contributed by atoms with Crippen LogP contribution in [-0.2, 0) is 4.79 Å². The van der Waals surface area contributed by atoms with Crippen molar-refractivity contribution in [2.45, 2.75) is 18.9 Å². The molecule has 2 heterocycles. The molecule has 0 aliphatic carbocycles. The lowest BCUT2D eigenvalue weighted by Gasteiger charge is -2.21. The average molecular weight is 224 g/mol. The minimum absolute atomic E-state index is 0.0775. The lowest BCUT2D eigenvalue weighted by Crippen LogP contribution is -2.43. The zero-order valence-electron chi connectivity index (χ0n) is 8.18. The first-order valence-corrected chi connectivity index (χ1v) is 5.72. The second-order valence-electron chi connectivity index (χ2n) is 3.54. The van der Waals surface area contributed by atoms with Gasteiger partial charge >= 0.3 is 0 Å². The summed E-state index contributed by atoms with van der Waals surface area (Å²) in [4.78, 5) is 25.3. The third kappa shape index (κ3) is 1.87. The van der Waals surface area contributed by atoms with Crippen molar-refractivity contribution in [3.05, 3.63) is 22.4 Å². The summed E-state index contributed by atoms with van der Waals surface area (Å²) in [6, 6.07) is 3.18. The highest BCUT2D eigenvalue weighted by Crippen LogP contribution is 2.21. The van der Waals surface area contributed by atoms with Gasteiger partial charge in [0.05, 0.1) is 4.88 Å². The summed E-state index contributed by atoms with van der Waals surface area (Å²) in [6.07, 6.45) is 1.54. The maximum absolute atomic E-state index is 12.0. The van der Waals surface area contributed by atoms with Crippen molar-refractivity contribution in [3.63, 3.8) is 0 Å². The van der Waals surface area contributed by atoms with Gasteiger partial charge in [-0.1, -0.05) is 6.07 Å². The lowest BCUT2D eigenvalue weighted by molar-refractivity contribution is -0.121. The highest BCUT2D eigenvalue weighted by molar-refractivity contribution is 7.12. The fraction of sp³-hybridized carbons (Fsp3) is 0.400. The van der Waals surface area contributed by atoms with Gasteiger partial charge in [0.15, 0.2) is 0 Å². The number of primary amides is 1. The van der Waals surface area contributed by atoms with Crippen molar-refractivity contribution in [1.82, 2.24) is 4.90 Å². The molecule has 0 unspecified atom stereocenters. The molecule has 1 aliphatic heterocycles. The molecule has 2 rings (SSSR count). The first-order valence-electron chi connectivity index (χ1n) is 4.84. The van der Waals surface area contributed by atoms with E-state index in [1.807, 2.05) is 11.4 Å². The van der Waals surface area contributed by atoms with E-state index in [2.05, 4.69) is 0 Å². The van der Waals surface area contributed by atoms with Gasteiger partial charge in [0.2, 0.25) is 5.91 Å². The molecule has 1 aliphatic rings. The Morgan fingerprint density at radius 2 is 2.33 bits per heavy atom. The quantitative estimate of drug-likeness (QED) is 0.809. The number of amides is 2. The van der Waals surface area contributed by atoms with E-state index < -0.39 is 11.9 Å². The molecule has 2 N–H and O–H groups in total. The van der Waals surface area contributed by atoms with Gasteiger partial charge in [-0.15, -0.1) is 11.3 Å². The van der Waals surface area contributed by atoms with Crippen molar-refractivity contribution < 1.29 is 9.59 Å². The van der Waals surface area contributed by atoms with Crippen molar-refractivity contribution in [3.8, 4) is 0 Å². The number of nitrogens with two attached hydrogens (primary N) is 1. The fourth-order valence-electron chi connectivity index (χ4n) is 1.85. The van der Waals surface area contributed by atoms with Gasteiger partial charge in [-0.3, -0.25) is 9.59 Å². The normalized spacial score (nSPS) is 20.5. The van der Waals surface area contributed by atoms with Crippen molar-refractivity contribution in [1.29, 1.82) is 0 Å². The zero-order valence-corrected chi connectivity index (χ0v) is 9.00. The summed E-state index contributed by atoms with van der Waals surface area (Å²) in [5.74, 6) is -0.483. The molecule has 80 valence electrons. The van der Waals surface area contributed by atoms with Crippen molar-refractivity contribution >= 4 is 23.2 Å². The summed E-state index contributed by atoms with van der Waals surface area (Å²) >= 11 is 1.39. The van der Waals surface area contributed by atoms with Crippen LogP contribution in [0, 0.1) is 0 Å². The van der Waals surface area contributed by atoms with Crippen LogP contribution >= 0.6 is 11.3 Å². The van der Waals surface area contributed by atoms with E-state index in [1.54, 1.807) is 11.0 Å². The van der Waals surface area contributed by atoms with Gasteiger partial charge < -0.3 is 10.6 Å². The maximum Gasteiger partial charge on any atom is 0.264 e. The van der Waals surface area contributed by atoms with E-state index in [1.165, 1.54) is 11.3 Å². The molecule has 1 fully saturated rings. The van der Waals surface area contributed by atoms with E-state index in [0.29, 0.717) is 17.8 Å². The molecular weight excluding hydrogens is 212 g/mol. The minimum atomic E-state index is -0.417. The Hall–Kier alpha value is -1.36. The van der Waals surface area contributed by atoms with E-state index >= 15 is 0 Å². The molecule has 1 atom stereocenters. The van der Waals surface area contributed by atoms with E-state index in [0.717, 1.165) is 6.42 Å². The van der Waals surface area contributed by atoms with Crippen LogP contribution in [0.25, 0.3) is 0 Å². The fourth-order valence-corrected chi connectivity index (χ4v) is 2.53. The Morgan fingerprint density at radius 3 is 2.93 bits per heavy atom. The first-order chi connectivity index (χ1) is 7.20. The Morgan fingerprint density at radius 1 is 1.53 bits per heavy atom. The van der Waals surface area contributed by atoms with Gasteiger partial charge in [0.25, 0.3) is 5.91 Å². The van der Waals surface area contributed by atoms with Crippen molar-refractivity contribution in [2.75, 3.05) is 6.54 Å². The van der Waals surface area contributed by atoms with E-state index in [-0.39, 0.29) is 5.91 Å². The SMILES string of the molecule is NC(=O)[C@@H]1CCCN1C(=O)c1cccs1. The van der Waals surface area contributed by atoms with Crippen LogP contribution in [-0.4, -0.2) is 29.3 Å². The Labute approximate surface area is 91.7 Å². The van der Waals surface area contributed by atoms with Gasteiger partial charge in [-0.25, -0.2) is 0 Å². The monoisotopic (exact) mass is 224 g/mol. The van der Waals surface area contributed by atoms with Crippen LogP contribution in [0.2, 0.25) is 0 Å². The summed E-state index contributed by atoms with van der Waals surface area (Å²) < 4.78 is 0. The van der Waals surface area contributed by atoms with Crippen LogP contribution < -0.4 is 5.73 Å². The second kappa shape index (κ2) is 4.02. The number of hydrogen-bond acceptors (Lipinski definition) is 3. The summed E-state index contributed by atoms with van der Waals surface area (Å²) in [5, 5.41) is 1.85. The molecule has 15 heavy (non-hydrogen) atoms. The second-order valence-corrected chi connectivity index (χ2v) is 4.48. The molecule has 5 heteroatoms. The maximum atomic E-state index is 12.0. The zero-order chi connectivity index (χ0) is 10.8. The van der Waals surface area contributed by atoms with Gasteiger partial charge in [0.1, 0.15) is 6.04 Å². The molecule has 0 bridgehead atoms. The first kappa shape index (κ1) is 10.2. The topological polar surface area (TPSA) is 63.4 Å². The number of thiophene rings is 1. The lowest BCUT2D eigenvalue weighted by atomic mass is 10.2. The predicted molar refractivity (Wildman–Crippen MR) is 57.6 cm³/mol. The Balaban J connectivity index is 2.17. The molecule has 0 saturated carbocycles. The Bertz CT molecular complexity index is 375. The molecular formula is C10H12N2O2S. The largest absolute Gasteiger partial charge is 0.368 e. The minimum Gasteiger partial charge on any atom is -0.368 e. The van der Waals surface area contributed by atoms with Crippen LogP contribution in [0.15, 0.2) is 17.5 Å². The number of likely N-dealkylation sites (tertiary alicyclic amines) is 1. The molecule has 4 nitrogen and oxygen atoms in total. The molecule has 2 amide bonds. The number of hydrogen-bond donors (Lipinski definition) is 1. The molecule has 1 aromatic rings. The summed E-state index contributed by atoms with van der Waals surface area (Å²) in [6.45, 7) is 0.629. The van der Waals surface area contributed by atoms with E-state index in [9.17, 15) is 9.59 Å². The van der Waals surface area contributed by atoms with Crippen molar-refractivity contribution in [2.24, 2.45) is 5.73 Å². The number of nitrogens with zero attached hydrogens (tertiary/aromatic N) is 1. The van der Waals surface area contributed by atoms with E-state index in [4.69, 9.17) is 5.73 Å². The average Bonchev–Trinajstić information content (AvgIpc) is 2.88. The van der Waals surface area contributed by atoms with Crippen LogP contribution in [0.5, 0.6) is 0 Å². The Kier molecular flexibility index (Phi) is 2.73. The highest BCUT2D eigenvalue weighted by Gasteiger charge is 2.33. The predicted octanol–water partition coefficient (Wildman–Crippen LogP) is 0.838. The van der Waals surface area contributed by atoms with Crippen LogP contribution in [0.4, 0.5) is 0 Å².